The second kappa shape index (κ2) is 5.39. The Morgan fingerprint density at radius 2 is 1.82 bits per heavy atom. The van der Waals surface area contributed by atoms with Crippen molar-refractivity contribution in [1.82, 2.24) is 0 Å². The molecule has 1 nitrogen and oxygen atoms in total. The van der Waals surface area contributed by atoms with Crippen LogP contribution in [0.4, 0.5) is 10.1 Å². The average Bonchev–Trinajstić information content (AvgIpc) is 2.31. The molecule has 0 saturated heterocycles. The zero-order valence-electron chi connectivity index (χ0n) is 8.88. The molecule has 17 heavy (non-hydrogen) atoms. The first-order chi connectivity index (χ1) is 8.15. The third-order valence-electron chi connectivity index (χ3n) is 2.31. The molecule has 0 aliphatic heterocycles. The van der Waals surface area contributed by atoms with Gasteiger partial charge in [-0.2, -0.15) is 0 Å². The number of rotatable bonds is 3. The summed E-state index contributed by atoms with van der Waals surface area (Å²) in [7, 11) is 0. The third kappa shape index (κ3) is 3.35. The standard InChI is InChI=1S/C13H10Cl2FN/c14-12-5-4-9(6-13(12)15)8-17-11-3-1-2-10(16)7-11/h1-7,17H,8H2. The molecule has 0 aromatic heterocycles. The number of anilines is 1. The monoisotopic (exact) mass is 269 g/mol. The normalized spacial score (nSPS) is 10.3. The van der Waals surface area contributed by atoms with Gasteiger partial charge in [-0.1, -0.05) is 35.3 Å². The van der Waals surface area contributed by atoms with E-state index in [0.29, 0.717) is 16.6 Å². The molecule has 4 heteroatoms. The first kappa shape index (κ1) is 12.2. The van der Waals surface area contributed by atoms with Crippen molar-refractivity contribution in [3.8, 4) is 0 Å². The largest absolute Gasteiger partial charge is 0.381 e. The van der Waals surface area contributed by atoms with Crippen LogP contribution in [-0.2, 0) is 6.54 Å². The van der Waals surface area contributed by atoms with E-state index in [4.69, 9.17) is 23.2 Å². The zero-order chi connectivity index (χ0) is 12.3. The van der Waals surface area contributed by atoms with Crippen LogP contribution in [0.25, 0.3) is 0 Å². The summed E-state index contributed by atoms with van der Waals surface area (Å²) in [5, 5.41) is 4.15. The smallest absolute Gasteiger partial charge is 0.125 e. The molecule has 0 radical (unpaired) electrons. The minimum atomic E-state index is -0.260. The molecule has 0 aliphatic rings. The molecule has 0 bridgehead atoms. The molecule has 0 atom stereocenters. The second-order valence-electron chi connectivity index (χ2n) is 3.61. The van der Waals surface area contributed by atoms with E-state index in [9.17, 15) is 4.39 Å². The molecular formula is C13H10Cl2FN. The molecule has 0 unspecified atom stereocenters. The van der Waals surface area contributed by atoms with Crippen LogP contribution >= 0.6 is 23.2 Å². The summed E-state index contributed by atoms with van der Waals surface area (Å²) in [5.74, 6) is -0.260. The lowest BCUT2D eigenvalue weighted by Gasteiger charge is -2.07. The van der Waals surface area contributed by atoms with Crippen LogP contribution in [0.15, 0.2) is 42.5 Å². The number of nitrogens with one attached hydrogen (secondary N) is 1. The Morgan fingerprint density at radius 3 is 2.53 bits per heavy atom. The van der Waals surface area contributed by atoms with Crippen molar-refractivity contribution in [3.05, 3.63) is 63.9 Å². The summed E-state index contributed by atoms with van der Waals surface area (Å²) in [6.07, 6.45) is 0. The highest BCUT2D eigenvalue weighted by Gasteiger charge is 2.00. The lowest BCUT2D eigenvalue weighted by molar-refractivity contribution is 0.628. The van der Waals surface area contributed by atoms with Gasteiger partial charge in [0.2, 0.25) is 0 Å². The predicted octanol–water partition coefficient (Wildman–Crippen LogP) is 4.74. The van der Waals surface area contributed by atoms with Gasteiger partial charge < -0.3 is 5.32 Å². The summed E-state index contributed by atoms with van der Waals surface area (Å²) in [6, 6.07) is 11.7. The molecule has 0 amide bonds. The molecule has 1 N–H and O–H groups in total. The summed E-state index contributed by atoms with van der Waals surface area (Å²) in [4.78, 5) is 0. The summed E-state index contributed by atoms with van der Waals surface area (Å²) >= 11 is 11.7. The maximum absolute atomic E-state index is 12.9. The topological polar surface area (TPSA) is 12.0 Å². The molecule has 2 rings (SSSR count). The van der Waals surface area contributed by atoms with E-state index in [1.807, 2.05) is 6.07 Å². The van der Waals surface area contributed by atoms with Crippen molar-refractivity contribution < 1.29 is 4.39 Å². The zero-order valence-corrected chi connectivity index (χ0v) is 10.4. The Balaban J connectivity index is 2.05. The van der Waals surface area contributed by atoms with Gasteiger partial charge in [-0.25, -0.2) is 4.39 Å². The van der Waals surface area contributed by atoms with Gasteiger partial charge in [0.25, 0.3) is 0 Å². The molecule has 0 saturated carbocycles. The highest BCUT2D eigenvalue weighted by Crippen LogP contribution is 2.23. The van der Waals surface area contributed by atoms with Crippen LogP contribution in [0, 0.1) is 5.82 Å². The molecule has 88 valence electrons. The fourth-order valence-electron chi connectivity index (χ4n) is 1.45. The second-order valence-corrected chi connectivity index (χ2v) is 4.43. The lowest BCUT2D eigenvalue weighted by atomic mass is 10.2. The minimum absolute atomic E-state index is 0.260. The van der Waals surface area contributed by atoms with E-state index in [2.05, 4.69) is 5.32 Å². The number of benzene rings is 2. The summed E-state index contributed by atoms with van der Waals surface area (Å²) < 4.78 is 12.9. The Morgan fingerprint density at radius 1 is 1.00 bits per heavy atom. The van der Waals surface area contributed by atoms with Gasteiger partial charge in [0.15, 0.2) is 0 Å². The van der Waals surface area contributed by atoms with E-state index < -0.39 is 0 Å². The van der Waals surface area contributed by atoms with Crippen molar-refractivity contribution in [2.45, 2.75) is 6.54 Å². The summed E-state index contributed by atoms with van der Waals surface area (Å²) in [6.45, 7) is 0.570. The third-order valence-corrected chi connectivity index (χ3v) is 3.04. The minimum Gasteiger partial charge on any atom is -0.381 e. The van der Waals surface area contributed by atoms with Gasteiger partial charge in [0.05, 0.1) is 10.0 Å². The molecule has 2 aromatic carbocycles. The average molecular weight is 270 g/mol. The Labute approximate surface area is 109 Å². The maximum Gasteiger partial charge on any atom is 0.125 e. The molecule has 0 fully saturated rings. The van der Waals surface area contributed by atoms with E-state index in [1.54, 1.807) is 24.3 Å². The predicted molar refractivity (Wildman–Crippen MR) is 70.2 cm³/mol. The fourth-order valence-corrected chi connectivity index (χ4v) is 1.77. The van der Waals surface area contributed by atoms with Gasteiger partial charge in [-0.3, -0.25) is 0 Å². The lowest BCUT2D eigenvalue weighted by Crippen LogP contribution is -1.99. The van der Waals surface area contributed by atoms with Gasteiger partial charge in [-0.05, 0) is 35.9 Å². The highest BCUT2D eigenvalue weighted by molar-refractivity contribution is 6.42. The molecule has 2 aromatic rings. The first-order valence-corrected chi connectivity index (χ1v) is 5.84. The number of hydrogen-bond donors (Lipinski definition) is 1. The van der Waals surface area contributed by atoms with E-state index in [1.165, 1.54) is 12.1 Å². The van der Waals surface area contributed by atoms with Crippen molar-refractivity contribution in [2.75, 3.05) is 5.32 Å². The van der Waals surface area contributed by atoms with Crippen LogP contribution in [0.1, 0.15) is 5.56 Å². The van der Waals surface area contributed by atoms with Crippen LogP contribution < -0.4 is 5.32 Å². The molecular weight excluding hydrogens is 260 g/mol. The Bertz CT molecular complexity index is 529. The van der Waals surface area contributed by atoms with Gasteiger partial charge in [0, 0.05) is 12.2 Å². The molecule has 0 spiro atoms. The quantitative estimate of drug-likeness (QED) is 0.849. The van der Waals surface area contributed by atoms with Gasteiger partial charge >= 0.3 is 0 Å². The molecule has 0 aliphatic carbocycles. The number of hydrogen-bond acceptors (Lipinski definition) is 1. The van der Waals surface area contributed by atoms with E-state index in [-0.39, 0.29) is 5.82 Å². The van der Waals surface area contributed by atoms with Crippen LogP contribution in [0.5, 0.6) is 0 Å². The number of halogens is 3. The van der Waals surface area contributed by atoms with Crippen LogP contribution in [-0.4, -0.2) is 0 Å². The maximum atomic E-state index is 12.9. The highest BCUT2D eigenvalue weighted by atomic mass is 35.5. The Hall–Kier alpha value is -1.25. The fraction of sp³-hybridized carbons (Fsp3) is 0.0769. The van der Waals surface area contributed by atoms with Crippen molar-refractivity contribution in [2.24, 2.45) is 0 Å². The first-order valence-electron chi connectivity index (χ1n) is 5.08. The van der Waals surface area contributed by atoms with Crippen LogP contribution in [0.3, 0.4) is 0 Å². The summed E-state index contributed by atoms with van der Waals surface area (Å²) in [5.41, 5.74) is 1.72. The van der Waals surface area contributed by atoms with Gasteiger partial charge in [-0.15, -0.1) is 0 Å². The van der Waals surface area contributed by atoms with Crippen LogP contribution in [0.2, 0.25) is 10.0 Å². The van der Waals surface area contributed by atoms with Gasteiger partial charge in [0.1, 0.15) is 5.82 Å². The molecule has 0 heterocycles. The van der Waals surface area contributed by atoms with Crippen molar-refractivity contribution in [3.63, 3.8) is 0 Å². The van der Waals surface area contributed by atoms with Crippen molar-refractivity contribution in [1.29, 1.82) is 0 Å². The Kier molecular flexibility index (Phi) is 3.87. The van der Waals surface area contributed by atoms with Crippen molar-refractivity contribution >= 4 is 28.9 Å². The van der Waals surface area contributed by atoms with E-state index in [0.717, 1.165) is 11.3 Å². The SMILES string of the molecule is Fc1cccc(NCc2ccc(Cl)c(Cl)c2)c1. The van der Waals surface area contributed by atoms with E-state index >= 15 is 0 Å².